The molecule has 1 atom stereocenters. The highest BCUT2D eigenvalue weighted by molar-refractivity contribution is 7.80. The van der Waals surface area contributed by atoms with Gasteiger partial charge in [-0.15, -0.1) is 0 Å². The van der Waals surface area contributed by atoms with Crippen LogP contribution in [-0.4, -0.2) is 51.3 Å². The number of nitrogens with zero attached hydrogens (tertiary/aromatic N) is 2. The largest absolute Gasteiger partial charge is 0.393 e. The number of rotatable bonds is 8. The summed E-state index contributed by atoms with van der Waals surface area (Å²) in [6.45, 7) is 1.14. The van der Waals surface area contributed by atoms with Crippen LogP contribution >= 0.6 is 23.8 Å². The van der Waals surface area contributed by atoms with Gasteiger partial charge in [0.15, 0.2) is 0 Å². The highest BCUT2D eigenvalue weighted by atomic mass is 35.5. The van der Waals surface area contributed by atoms with Gasteiger partial charge in [0.1, 0.15) is 28.4 Å². The molecule has 34 heavy (non-hydrogen) atoms. The Morgan fingerprint density at radius 3 is 2.32 bits per heavy atom. The smallest absolute Gasteiger partial charge is 0.226 e. The molecule has 1 aliphatic heterocycles. The van der Waals surface area contributed by atoms with Crippen molar-refractivity contribution in [1.82, 2.24) is 9.97 Å². The zero-order valence-electron chi connectivity index (χ0n) is 18.4. The average molecular weight is 515 g/mol. The molecule has 11 heteroatoms. The third kappa shape index (κ3) is 6.35. The van der Waals surface area contributed by atoms with Crippen molar-refractivity contribution >= 4 is 40.4 Å². The molecule has 1 aromatic heterocycles. The Bertz CT molecular complexity index is 1020. The average Bonchev–Trinajstić information content (AvgIpc) is 3.28. The van der Waals surface area contributed by atoms with E-state index in [1.54, 1.807) is 0 Å². The minimum atomic E-state index is -0.985. The maximum Gasteiger partial charge on any atom is 0.226 e. The summed E-state index contributed by atoms with van der Waals surface area (Å²) in [7, 11) is 0. The van der Waals surface area contributed by atoms with E-state index in [1.807, 2.05) is 0 Å². The first-order valence-electron chi connectivity index (χ1n) is 11.3. The second kappa shape index (κ2) is 11.2. The molecule has 3 N–H and O–H groups in total. The zero-order chi connectivity index (χ0) is 24.2. The standard InChI is InChI=1S/C23H26ClF3N4O2S/c24-21-18(10-16(34)9-17-19(26)7-12(25)8-20(17)27)22(28-14-5-6-33-11-14)31-23(30-21)29-13-1-3-15(32)4-2-13/h7-8,13-15,32H,1-6,9-11H2,(H2,28,29,30,31). The van der Waals surface area contributed by atoms with E-state index in [2.05, 4.69) is 20.6 Å². The quantitative estimate of drug-likeness (QED) is 0.350. The van der Waals surface area contributed by atoms with Crippen LogP contribution in [0.25, 0.3) is 0 Å². The molecule has 0 spiro atoms. The molecule has 1 aliphatic carbocycles. The minimum absolute atomic E-state index is 0.0305. The summed E-state index contributed by atoms with van der Waals surface area (Å²) in [6, 6.07) is 1.42. The minimum Gasteiger partial charge on any atom is -0.393 e. The molecule has 184 valence electrons. The molecule has 1 saturated carbocycles. The van der Waals surface area contributed by atoms with Gasteiger partial charge >= 0.3 is 0 Å². The van der Waals surface area contributed by atoms with E-state index in [-0.39, 0.29) is 41.7 Å². The number of aliphatic hydroxyl groups excluding tert-OH is 1. The van der Waals surface area contributed by atoms with Gasteiger partial charge in [0, 0.05) is 53.6 Å². The Kier molecular flexibility index (Phi) is 8.23. The molecule has 4 rings (SSSR count). The highest BCUT2D eigenvalue weighted by Crippen LogP contribution is 2.28. The Morgan fingerprint density at radius 1 is 1.00 bits per heavy atom. The third-order valence-electron chi connectivity index (χ3n) is 6.11. The van der Waals surface area contributed by atoms with Crippen LogP contribution in [0.4, 0.5) is 24.9 Å². The molecule has 0 radical (unpaired) electrons. The van der Waals surface area contributed by atoms with Gasteiger partial charge in [-0.1, -0.05) is 23.8 Å². The van der Waals surface area contributed by atoms with E-state index in [1.165, 1.54) is 0 Å². The third-order valence-corrected chi connectivity index (χ3v) is 6.71. The Hall–Kier alpha value is -2.01. The lowest BCUT2D eigenvalue weighted by atomic mass is 9.93. The fourth-order valence-corrected chi connectivity index (χ4v) is 4.76. The number of anilines is 2. The molecular formula is C23H26ClF3N4O2S. The van der Waals surface area contributed by atoms with Gasteiger partial charge in [0.2, 0.25) is 5.95 Å². The second-order valence-corrected chi connectivity index (χ2v) is 9.70. The number of hydrogen-bond donors (Lipinski definition) is 3. The normalized spacial score (nSPS) is 22.6. The van der Waals surface area contributed by atoms with Gasteiger partial charge in [-0.3, -0.25) is 0 Å². The SMILES string of the molecule is OC1CCC(Nc2nc(Cl)c(CC(=S)Cc3c(F)cc(F)cc3F)c(NC3CCOC3)n2)CC1. The van der Waals surface area contributed by atoms with Crippen molar-refractivity contribution in [2.45, 2.75) is 63.1 Å². The number of benzene rings is 1. The maximum atomic E-state index is 14.1. The van der Waals surface area contributed by atoms with Gasteiger partial charge in [-0.25, -0.2) is 18.2 Å². The molecule has 2 aliphatic rings. The predicted octanol–water partition coefficient (Wildman–Crippen LogP) is 4.62. The van der Waals surface area contributed by atoms with Crippen molar-refractivity contribution in [2.75, 3.05) is 23.8 Å². The Balaban J connectivity index is 1.54. The first kappa shape index (κ1) is 25.1. The zero-order valence-corrected chi connectivity index (χ0v) is 20.0. The summed E-state index contributed by atoms with van der Waals surface area (Å²) in [5, 5.41) is 16.5. The maximum absolute atomic E-state index is 14.1. The topological polar surface area (TPSA) is 79.3 Å². The van der Waals surface area contributed by atoms with Gasteiger partial charge in [0.05, 0.1) is 18.8 Å². The summed E-state index contributed by atoms with van der Waals surface area (Å²) in [5.74, 6) is -2.11. The molecule has 0 bridgehead atoms. The summed E-state index contributed by atoms with van der Waals surface area (Å²) in [5.41, 5.74) is 0.228. The van der Waals surface area contributed by atoms with Gasteiger partial charge in [0.25, 0.3) is 0 Å². The van der Waals surface area contributed by atoms with E-state index < -0.39 is 17.5 Å². The van der Waals surface area contributed by atoms with Crippen LogP contribution < -0.4 is 10.6 Å². The number of nitrogens with one attached hydrogen (secondary N) is 2. The van der Waals surface area contributed by atoms with Crippen LogP contribution in [-0.2, 0) is 17.6 Å². The Morgan fingerprint density at radius 2 is 1.68 bits per heavy atom. The van der Waals surface area contributed by atoms with Gasteiger partial charge < -0.3 is 20.5 Å². The summed E-state index contributed by atoms with van der Waals surface area (Å²) < 4.78 is 46.9. The van der Waals surface area contributed by atoms with E-state index in [4.69, 9.17) is 28.6 Å². The van der Waals surface area contributed by atoms with E-state index in [9.17, 15) is 18.3 Å². The number of halogens is 4. The lowest BCUT2D eigenvalue weighted by Crippen LogP contribution is -2.29. The molecule has 2 heterocycles. The molecule has 2 aromatic rings. The van der Waals surface area contributed by atoms with Crippen LogP contribution in [0, 0.1) is 17.5 Å². The van der Waals surface area contributed by atoms with Crippen molar-refractivity contribution in [3.63, 3.8) is 0 Å². The predicted molar refractivity (Wildman–Crippen MR) is 128 cm³/mol. The lowest BCUT2D eigenvalue weighted by molar-refractivity contribution is 0.126. The first-order valence-corrected chi connectivity index (χ1v) is 12.1. The summed E-state index contributed by atoms with van der Waals surface area (Å²) in [4.78, 5) is 9.31. The van der Waals surface area contributed by atoms with Crippen molar-refractivity contribution in [1.29, 1.82) is 0 Å². The first-order chi connectivity index (χ1) is 16.3. The van der Waals surface area contributed by atoms with Gasteiger partial charge in [-0.2, -0.15) is 4.98 Å². The van der Waals surface area contributed by atoms with Crippen LogP contribution in [0.3, 0.4) is 0 Å². The van der Waals surface area contributed by atoms with E-state index >= 15 is 0 Å². The number of hydrogen-bond acceptors (Lipinski definition) is 7. The molecule has 0 amide bonds. The molecule has 1 saturated heterocycles. The fourth-order valence-electron chi connectivity index (χ4n) is 4.24. The number of ether oxygens (including phenoxy) is 1. The molecule has 1 aromatic carbocycles. The Labute approximate surface area is 206 Å². The molecular weight excluding hydrogens is 489 g/mol. The molecule has 2 fully saturated rings. The highest BCUT2D eigenvalue weighted by Gasteiger charge is 2.24. The summed E-state index contributed by atoms with van der Waals surface area (Å²) in [6.07, 6.45) is 3.43. The van der Waals surface area contributed by atoms with E-state index in [0.29, 0.717) is 60.4 Å². The lowest BCUT2D eigenvalue weighted by Gasteiger charge is -2.26. The number of aromatic nitrogens is 2. The van der Waals surface area contributed by atoms with Crippen LogP contribution in [0.1, 0.15) is 43.2 Å². The monoisotopic (exact) mass is 514 g/mol. The van der Waals surface area contributed by atoms with Crippen molar-refractivity contribution < 1.29 is 23.0 Å². The summed E-state index contributed by atoms with van der Waals surface area (Å²) >= 11 is 11.9. The van der Waals surface area contributed by atoms with Crippen LogP contribution in [0.2, 0.25) is 5.15 Å². The number of aliphatic hydroxyl groups is 1. The number of thiocarbonyl (C=S) groups is 1. The van der Waals surface area contributed by atoms with Crippen LogP contribution in [0.5, 0.6) is 0 Å². The van der Waals surface area contributed by atoms with Gasteiger partial charge in [-0.05, 0) is 32.1 Å². The van der Waals surface area contributed by atoms with E-state index in [0.717, 1.165) is 19.3 Å². The van der Waals surface area contributed by atoms with Crippen molar-refractivity contribution in [3.8, 4) is 0 Å². The fraction of sp³-hybridized carbons (Fsp3) is 0.522. The molecule has 6 nitrogen and oxygen atoms in total. The van der Waals surface area contributed by atoms with Crippen molar-refractivity contribution in [2.24, 2.45) is 0 Å². The molecule has 1 unspecified atom stereocenters. The van der Waals surface area contributed by atoms with Crippen molar-refractivity contribution in [3.05, 3.63) is 45.9 Å². The second-order valence-electron chi connectivity index (χ2n) is 8.76. The van der Waals surface area contributed by atoms with Crippen LogP contribution in [0.15, 0.2) is 12.1 Å².